The van der Waals surface area contributed by atoms with E-state index < -0.39 is 0 Å². The second kappa shape index (κ2) is 8.69. The van der Waals surface area contributed by atoms with Crippen LogP contribution in [0, 0.1) is 0 Å². The maximum absolute atomic E-state index is 12.1. The molecule has 0 spiro atoms. The van der Waals surface area contributed by atoms with E-state index in [1.807, 2.05) is 54.6 Å². The van der Waals surface area contributed by atoms with Crippen molar-refractivity contribution in [3.8, 4) is 11.5 Å². The van der Waals surface area contributed by atoms with Crippen LogP contribution in [0.4, 0.5) is 11.4 Å². The molecule has 0 saturated heterocycles. The van der Waals surface area contributed by atoms with E-state index in [-0.39, 0.29) is 19.1 Å². The van der Waals surface area contributed by atoms with Gasteiger partial charge in [-0.2, -0.15) is 0 Å². The van der Waals surface area contributed by atoms with Crippen LogP contribution in [-0.4, -0.2) is 17.6 Å². The minimum Gasteiger partial charge on any atom is -0.457 e. The van der Waals surface area contributed by atoms with Crippen LogP contribution in [-0.2, 0) is 11.4 Å². The number of amides is 1. The highest BCUT2D eigenvalue weighted by Gasteiger charge is 2.04. The molecular formula is C21H20N2O3. The standard InChI is InChI=1S/C21H20N2O3/c24-15-16-5-4-6-18(13-16)22-14-21(25)23-17-9-11-20(12-10-17)26-19-7-2-1-3-8-19/h1-13,22,24H,14-15H2,(H,23,25). The summed E-state index contributed by atoms with van der Waals surface area (Å²) >= 11 is 0. The number of aliphatic hydroxyl groups is 1. The quantitative estimate of drug-likeness (QED) is 0.603. The van der Waals surface area contributed by atoms with Crippen LogP contribution in [0.5, 0.6) is 11.5 Å². The normalized spacial score (nSPS) is 10.2. The lowest BCUT2D eigenvalue weighted by molar-refractivity contribution is -0.114. The van der Waals surface area contributed by atoms with E-state index in [9.17, 15) is 4.79 Å². The van der Waals surface area contributed by atoms with Crippen molar-refractivity contribution in [2.75, 3.05) is 17.2 Å². The first-order valence-electron chi connectivity index (χ1n) is 8.29. The Labute approximate surface area is 152 Å². The van der Waals surface area contributed by atoms with Crippen molar-refractivity contribution in [1.29, 1.82) is 0 Å². The van der Waals surface area contributed by atoms with E-state index in [1.165, 1.54) is 0 Å². The van der Waals surface area contributed by atoms with Gasteiger partial charge in [0.25, 0.3) is 0 Å². The van der Waals surface area contributed by atoms with Gasteiger partial charge in [-0.05, 0) is 54.1 Å². The van der Waals surface area contributed by atoms with E-state index in [0.717, 1.165) is 17.0 Å². The lowest BCUT2D eigenvalue weighted by Gasteiger charge is -2.10. The lowest BCUT2D eigenvalue weighted by Crippen LogP contribution is -2.21. The molecule has 5 heteroatoms. The average Bonchev–Trinajstić information content (AvgIpc) is 2.69. The molecule has 0 unspecified atom stereocenters. The van der Waals surface area contributed by atoms with Crippen LogP contribution >= 0.6 is 0 Å². The number of hydrogen-bond acceptors (Lipinski definition) is 4. The predicted molar refractivity (Wildman–Crippen MR) is 102 cm³/mol. The van der Waals surface area contributed by atoms with Crippen molar-refractivity contribution >= 4 is 17.3 Å². The Bertz CT molecular complexity index is 849. The Kier molecular flexibility index (Phi) is 5.85. The molecule has 3 aromatic carbocycles. The first-order chi connectivity index (χ1) is 12.7. The number of carbonyl (C=O) groups excluding carboxylic acids is 1. The first-order valence-corrected chi connectivity index (χ1v) is 8.29. The topological polar surface area (TPSA) is 70.6 Å². The molecule has 0 aliphatic heterocycles. The van der Waals surface area contributed by atoms with Crippen LogP contribution in [0.2, 0.25) is 0 Å². The van der Waals surface area contributed by atoms with Crippen molar-refractivity contribution in [3.05, 3.63) is 84.4 Å². The zero-order valence-corrected chi connectivity index (χ0v) is 14.2. The van der Waals surface area contributed by atoms with Gasteiger partial charge in [0.15, 0.2) is 0 Å². The summed E-state index contributed by atoms with van der Waals surface area (Å²) in [6.07, 6.45) is 0. The van der Waals surface area contributed by atoms with Crippen molar-refractivity contribution < 1.29 is 14.6 Å². The Morgan fingerprint density at radius 3 is 2.31 bits per heavy atom. The largest absolute Gasteiger partial charge is 0.457 e. The van der Waals surface area contributed by atoms with Crippen molar-refractivity contribution in [2.24, 2.45) is 0 Å². The fourth-order valence-electron chi connectivity index (χ4n) is 2.40. The summed E-state index contributed by atoms with van der Waals surface area (Å²) in [4.78, 5) is 12.1. The van der Waals surface area contributed by atoms with Gasteiger partial charge in [-0.3, -0.25) is 4.79 Å². The summed E-state index contributed by atoms with van der Waals surface area (Å²) in [5.41, 5.74) is 2.28. The minimum atomic E-state index is -0.156. The molecule has 0 aromatic heterocycles. The van der Waals surface area contributed by atoms with Crippen molar-refractivity contribution in [2.45, 2.75) is 6.61 Å². The Balaban J connectivity index is 1.51. The van der Waals surface area contributed by atoms with E-state index in [2.05, 4.69) is 10.6 Å². The van der Waals surface area contributed by atoms with Crippen molar-refractivity contribution in [3.63, 3.8) is 0 Å². The van der Waals surface area contributed by atoms with Gasteiger partial charge in [0.2, 0.25) is 5.91 Å². The number of anilines is 2. The molecule has 3 rings (SSSR count). The number of hydrogen-bond donors (Lipinski definition) is 3. The number of rotatable bonds is 7. The highest BCUT2D eigenvalue weighted by atomic mass is 16.5. The van der Waals surface area contributed by atoms with Gasteiger partial charge in [0.1, 0.15) is 11.5 Å². The zero-order valence-electron chi connectivity index (χ0n) is 14.2. The molecule has 0 radical (unpaired) electrons. The molecule has 3 aromatic rings. The lowest BCUT2D eigenvalue weighted by atomic mass is 10.2. The van der Waals surface area contributed by atoms with Gasteiger partial charge < -0.3 is 20.5 Å². The number of aliphatic hydroxyl groups excluding tert-OH is 1. The van der Waals surface area contributed by atoms with E-state index in [1.54, 1.807) is 24.3 Å². The third-order valence-electron chi connectivity index (χ3n) is 3.68. The van der Waals surface area contributed by atoms with Gasteiger partial charge in [-0.25, -0.2) is 0 Å². The average molecular weight is 348 g/mol. The molecule has 0 heterocycles. The fraction of sp³-hybridized carbons (Fsp3) is 0.0952. The summed E-state index contributed by atoms with van der Waals surface area (Å²) in [5, 5.41) is 15.0. The summed E-state index contributed by atoms with van der Waals surface area (Å²) in [7, 11) is 0. The molecule has 0 bridgehead atoms. The molecule has 0 saturated carbocycles. The number of para-hydroxylation sites is 1. The van der Waals surface area contributed by atoms with Crippen molar-refractivity contribution in [1.82, 2.24) is 0 Å². The minimum absolute atomic E-state index is 0.0287. The maximum atomic E-state index is 12.1. The SMILES string of the molecule is O=C(CNc1cccc(CO)c1)Nc1ccc(Oc2ccccc2)cc1. The van der Waals surface area contributed by atoms with Gasteiger partial charge in [-0.1, -0.05) is 30.3 Å². The van der Waals surface area contributed by atoms with Crippen LogP contribution < -0.4 is 15.4 Å². The van der Waals surface area contributed by atoms with Crippen LogP contribution in [0.3, 0.4) is 0 Å². The van der Waals surface area contributed by atoms with Crippen LogP contribution in [0.15, 0.2) is 78.9 Å². The van der Waals surface area contributed by atoms with E-state index in [0.29, 0.717) is 11.4 Å². The smallest absolute Gasteiger partial charge is 0.243 e. The van der Waals surface area contributed by atoms with Gasteiger partial charge >= 0.3 is 0 Å². The Morgan fingerprint density at radius 1 is 0.846 bits per heavy atom. The van der Waals surface area contributed by atoms with Gasteiger partial charge in [-0.15, -0.1) is 0 Å². The highest BCUT2D eigenvalue weighted by Crippen LogP contribution is 2.22. The summed E-state index contributed by atoms with van der Waals surface area (Å²) < 4.78 is 5.72. The third-order valence-corrected chi connectivity index (χ3v) is 3.68. The van der Waals surface area contributed by atoms with E-state index >= 15 is 0 Å². The molecule has 3 N–H and O–H groups in total. The first kappa shape index (κ1) is 17.5. The van der Waals surface area contributed by atoms with Gasteiger partial charge in [0, 0.05) is 11.4 Å². The maximum Gasteiger partial charge on any atom is 0.243 e. The number of ether oxygens (including phenoxy) is 1. The third kappa shape index (κ3) is 5.09. The zero-order chi connectivity index (χ0) is 18.2. The molecule has 132 valence electrons. The molecule has 0 aliphatic rings. The highest BCUT2D eigenvalue weighted by molar-refractivity contribution is 5.93. The summed E-state index contributed by atoms with van der Waals surface area (Å²) in [6, 6.07) is 24.0. The van der Waals surface area contributed by atoms with Gasteiger partial charge in [0.05, 0.1) is 13.2 Å². The van der Waals surface area contributed by atoms with Crippen LogP contribution in [0.25, 0.3) is 0 Å². The molecule has 5 nitrogen and oxygen atoms in total. The molecule has 0 aliphatic carbocycles. The number of benzene rings is 3. The summed E-state index contributed by atoms with van der Waals surface area (Å²) in [5.74, 6) is 1.31. The monoisotopic (exact) mass is 348 g/mol. The fourth-order valence-corrected chi connectivity index (χ4v) is 2.40. The molecular weight excluding hydrogens is 328 g/mol. The molecule has 0 atom stereocenters. The number of carbonyl (C=O) groups is 1. The second-order valence-electron chi connectivity index (χ2n) is 5.70. The van der Waals surface area contributed by atoms with E-state index in [4.69, 9.17) is 9.84 Å². The summed E-state index contributed by atoms with van der Waals surface area (Å²) in [6.45, 7) is 0.107. The molecule has 26 heavy (non-hydrogen) atoms. The predicted octanol–water partition coefficient (Wildman–Crippen LogP) is 4.02. The Morgan fingerprint density at radius 2 is 1.58 bits per heavy atom. The number of nitrogens with one attached hydrogen (secondary N) is 2. The molecule has 0 fully saturated rings. The van der Waals surface area contributed by atoms with Crippen LogP contribution in [0.1, 0.15) is 5.56 Å². The Hall–Kier alpha value is -3.31. The second-order valence-corrected chi connectivity index (χ2v) is 5.70. The molecule has 1 amide bonds.